The lowest BCUT2D eigenvalue weighted by Gasteiger charge is -2.33. The monoisotopic (exact) mass is 260 g/mol. The summed E-state index contributed by atoms with van der Waals surface area (Å²) in [7, 11) is 0. The molecule has 0 unspecified atom stereocenters. The molecular formula is C17H24O2. The second-order valence-corrected chi connectivity index (χ2v) is 6.18. The molecule has 0 bridgehead atoms. The van der Waals surface area contributed by atoms with E-state index in [4.69, 9.17) is 0 Å². The Balaban J connectivity index is 2.13. The van der Waals surface area contributed by atoms with Gasteiger partial charge in [-0.2, -0.15) is 0 Å². The first-order chi connectivity index (χ1) is 8.92. The van der Waals surface area contributed by atoms with Crippen molar-refractivity contribution in [3.63, 3.8) is 0 Å². The zero-order valence-electron chi connectivity index (χ0n) is 12.2. The molecule has 0 spiro atoms. The molecule has 2 nitrogen and oxygen atoms in total. The minimum Gasteiger partial charge on any atom is -0.382 e. The fourth-order valence-corrected chi connectivity index (χ4v) is 2.97. The number of rotatable bonds is 3. The lowest BCUT2D eigenvalue weighted by molar-refractivity contribution is -0.140. The number of hydrogen-bond donors (Lipinski definition) is 1. The number of Topliss-reactive ketones (excluding diaryl/α,β-unsaturated/α-hetero) is 1. The second kappa shape index (κ2) is 5.46. The van der Waals surface area contributed by atoms with Gasteiger partial charge >= 0.3 is 0 Å². The second-order valence-electron chi connectivity index (χ2n) is 6.18. The van der Waals surface area contributed by atoms with Crippen LogP contribution in [-0.2, 0) is 11.2 Å². The van der Waals surface area contributed by atoms with Crippen LogP contribution in [0.2, 0.25) is 0 Å². The summed E-state index contributed by atoms with van der Waals surface area (Å²) in [5.74, 6) is 0.630. The lowest BCUT2D eigenvalue weighted by atomic mass is 9.75. The van der Waals surface area contributed by atoms with Crippen LogP contribution in [0.3, 0.4) is 0 Å². The number of carbonyl (C=O) groups excluding carboxylic acids is 1. The molecule has 0 saturated heterocycles. The molecule has 2 heteroatoms. The number of hydrogen-bond acceptors (Lipinski definition) is 2. The van der Waals surface area contributed by atoms with Gasteiger partial charge in [0, 0.05) is 6.42 Å². The Labute approximate surface area is 115 Å². The maximum atomic E-state index is 12.5. The third-order valence-corrected chi connectivity index (χ3v) is 4.60. The highest BCUT2D eigenvalue weighted by Gasteiger charge is 2.38. The van der Waals surface area contributed by atoms with E-state index in [0.717, 1.165) is 29.5 Å². The Morgan fingerprint density at radius 1 is 1.26 bits per heavy atom. The predicted octanol–water partition coefficient (Wildman–Crippen LogP) is 3.36. The molecule has 0 aromatic heterocycles. The molecule has 0 aliphatic heterocycles. The quantitative estimate of drug-likeness (QED) is 0.905. The average Bonchev–Trinajstić information content (AvgIpc) is 2.37. The van der Waals surface area contributed by atoms with Crippen molar-refractivity contribution in [3.05, 3.63) is 34.9 Å². The Kier molecular flexibility index (Phi) is 4.10. The summed E-state index contributed by atoms with van der Waals surface area (Å²) in [5.41, 5.74) is 2.28. The molecule has 104 valence electrons. The highest BCUT2D eigenvalue weighted by atomic mass is 16.3. The van der Waals surface area contributed by atoms with E-state index in [1.165, 1.54) is 0 Å². The van der Waals surface area contributed by atoms with Gasteiger partial charge in [0.1, 0.15) is 5.60 Å². The molecule has 1 aromatic rings. The van der Waals surface area contributed by atoms with Crippen LogP contribution in [0, 0.1) is 19.8 Å². The van der Waals surface area contributed by atoms with Gasteiger partial charge in [-0.3, -0.25) is 4.79 Å². The molecule has 1 fully saturated rings. The number of carbonyl (C=O) groups is 1. The topological polar surface area (TPSA) is 37.3 Å². The van der Waals surface area contributed by atoms with Gasteiger partial charge in [0.05, 0.1) is 0 Å². The normalized spacial score (nSPS) is 27.3. The maximum absolute atomic E-state index is 12.5. The standard InChI is InChI=1S/C17H24O2/c1-12-7-9-17(19,10-8-12)16(18)11-15-13(2)5-4-6-14(15)3/h4-6,12,19H,7-11H2,1-3H3. The molecule has 1 aromatic carbocycles. The molecule has 0 radical (unpaired) electrons. The fraction of sp³-hybridized carbons (Fsp3) is 0.588. The van der Waals surface area contributed by atoms with Gasteiger partial charge in [-0.25, -0.2) is 0 Å². The van der Waals surface area contributed by atoms with Crippen molar-refractivity contribution in [1.82, 2.24) is 0 Å². The van der Waals surface area contributed by atoms with Crippen molar-refractivity contribution in [2.45, 2.75) is 58.5 Å². The molecule has 19 heavy (non-hydrogen) atoms. The summed E-state index contributed by atoms with van der Waals surface area (Å²) < 4.78 is 0. The lowest BCUT2D eigenvalue weighted by Crippen LogP contribution is -2.43. The smallest absolute Gasteiger partial charge is 0.168 e. The van der Waals surface area contributed by atoms with E-state index in [2.05, 4.69) is 6.92 Å². The van der Waals surface area contributed by atoms with Crippen LogP contribution < -0.4 is 0 Å². The van der Waals surface area contributed by atoms with E-state index in [0.29, 0.717) is 25.2 Å². The molecule has 1 N–H and O–H groups in total. The summed E-state index contributed by atoms with van der Waals surface area (Å²) >= 11 is 0. The van der Waals surface area contributed by atoms with Gasteiger partial charge in [-0.15, -0.1) is 0 Å². The molecule has 1 aliphatic rings. The van der Waals surface area contributed by atoms with E-state index in [1.54, 1.807) is 0 Å². The molecule has 0 amide bonds. The largest absolute Gasteiger partial charge is 0.382 e. The average molecular weight is 260 g/mol. The van der Waals surface area contributed by atoms with Crippen LogP contribution in [0.15, 0.2) is 18.2 Å². The number of aryl methyl sites for hydroxylation is 2. The third-order valence-electron chi connectivity index (χ3n) is 4.60. The zero-order chi connectivity index (χ0) is 14.0. The SMILES string of the molecule is Cc1cccc(C)c1CC(=O)C1(O)CCC(C)CC1. The third kappa shape index (κ3) is 3.06. The van der Waals surface area contributed by atoms with Gasteiger partial charge < -0.3 is 5.11 Å². The number of aliphatic hydroxyl groups is 1. The molecule has 0 atom stereocenters. The van der Waals surface area contributed by atoms with Crippen molar-refractivity contribution in [1.29, 1.82) is 0 Å². The van der Waals surface area contributed by atoms with E-state index < -0.39 is 5.60 Å². The fourth-order valence-electron chi connectivity index (χ4n) is 2.97. The van der Waals surface area contributed by atoms with Crippen molar-refractivity contribution >= 4 is 5.78 Å². The van der Waals surface area contributed by atoms with Crippen molar-refractivity contribution in [2.24, 2.45) is 5.92 Å². The molecule has 1 saturated carbocycles. The van der Waals surface area contributed by atoms with Crippen molar-refractivity contribution < 1.29 is 9.90 Å². The Morgan fingerprint density at radius 2 is 1.79 bits per heavy atom. The van der Waals surface area contributed by atoms with Crippen molar-refractivity contribution in [2.75, 3.05) is 0 Å². The van der Waals surface area contributed by atoms with Gasteiger partial charge in [0.2, 0.25) is 0 Å². The minimum atomic E-state index is -1.08. The predicted molar refractivity (Wildman–Crippen MR) is 77.2 cm³/mol. The van der Waals surface area contributed by atoms with E-state index in [1.807, 2.05) is 32.0 Å². The molecule has 2 rings (SSSR count). The number of benzene rings is 1. The van der Waals surface area contributed by atoms with Crippen LogP contribution in [0.5, 0.6) is 0 Å². The summed E-state index contributed by atoms with van der Waals surface area (Å²) in [6, 6.07) is 6.07. The van der Waals surface area contributed by atoms with Crippen LogP contribution in [0.1, 0.15) is 49.3 Å². The van der Waals surface area contributed by atoms with Gasteiger partial charge in [-0.05, 0) is 62.1 Å². The first kappa shape index (κ1) is 14.3. The molecule has 0 heterocycles. The number of ketones is 1. The van der Waals surface area contributed by atoms with Crippen molar-refractivity contribution in [3.8, 4) is 0 Å². The minimum absolute atomic E-state index is 0.00296. The van der Waals surface area contributed by atoms with E-state index in [9.17, 15) is 9.90 Å². The highest BCUT2D eigenvalue weighted by Crippen LogP contribution is 2.33. The van der Waals surface area contributed by atoms with Crippen LogP contribution >= 0.6 is 0 Å². The van der Waals surface area contributed by atoms with Gasteiger partial charge in [0.15, 0.2) is 5.78 Å². The Morgan fingerprint density at radius 3 is 2.32 bits per heavy atom. The first-order valence-corrected chi connectivity index (χ1v) is 7.23. The van der Waals surface area contributed by atoms with Gasteiger partial charge in [-0.1, -0.05) is 25.1 Å². The van der Waals surface area contributed by atoms with Crippen LogP contribution in [-0.4, -0.2) is 16.5 Å². The summed E-state index contributed by atoms with van der Waals surface area (Å²) in [5, 5.41) is 10.6. The first-order valence-electron chi connectivity index (χ1n) is 7.23. The summed E-state index contributed by atoms with van der Waals surface area (Å²) in [6.07, 6.45) is 3.52. The van der Waals surface area contributed by atoms with Crippen LogP contribution in [0.4, 0.5) is 0 Å². The zero-order valence-corrected chi connectivity index (χ0v) is 12.2. The molecule has 1 aliphatic carbocycles. The molecular weight excluding hydrogens is 236 g/mol. The van der Waals surface area contributed by atoms with E-state index >= 15 is 0 Å². The highest BCUT2D eigenvalue weighted by molar-refractivity contribution is 5.89. The summed E-state index contributed by atoms with van der Waals surface area (Å²) in [6.45, 7) is 6.25. The maximum Gasteiger partial charge on any atom is 0.168 e. The Hall–Kier alpha value is -1.15. The van der Waals surface area contributed by atoms with E-state index in [-0.39, 0.29) is 5.78 Å². The van der Waals surface area contributed by atoms with Crippen LogP contribution in [0.25, 0.3) is 0 Å². The Bertz CT molecular complexity index is 448. The summed E-state index contributed by atoms with van der Waals surface area (Å²) in [4.78, 5) is 12.5. The van der Waals surface area contributed by atoms with Gasteiger partial charge in [0.25, 0.3) is 0 Å².